The molecule has 3 aliphatic heterocycles. The zero-order valence-corrected chi connectivity index (χ0v) is 22.8. The minimum absolute atomic E-state index is 0.130. The summed E-state index contributed by atoms with van der Waals surface area (Å²) in [6, 6.07) is 4.56. The van der Waals surface area contributed by atoms with Crippen molar-refractivity contribution in [2.45, 2.75) is 70.2 Å². The van der Waals surface area contributed by atoms with Crippen LogP contribution < -0.4 is 10.2 Å². The first-order chi connectivity index (χ1) is 18.4. The highest BCUT2D eigenvalue weighted by Gasteiger charge is 2.39. The van der Waals surface area contributed by atoms with Gasteiger partial charge in [0.25, 0.3) is 0 Å². The molecule has 0 saturated carbocycles. The zero-order valence-electron chi connectivity index (χ0n) is 22.8. The minimum atomic E-state index is -1.34. The van der Waals surface area contributed by atoms with Gasteiger partial charge in [-0.1, -0.05) is 0 Å². The first kappa shape index (κ1) is 27.4. The molecule has 3 saturated heterocycles. The normalized spacial score (nSPS) is 21.4. The summed E-state index contributed by atoms with van der Waals surface area (Å²) in [6.45, 7) is 8.10. The van der Waals surface area contributed by atoms with Crippen molar-refractivity contribution in [1.82, 2.24) is 19.7 Å². The number of fused-ring (bicyclic) bond motifs is 1. The maximum Gasteiger partial charge on any atom is 0.410 e. The van der Waals surface area contributed by atoms with Crippen molar-refractivity contribution in [1.29, 1.82) is 0 Å². The summed E-state index contributed by atoms with van der Waals surface area (Å²) in [6.07, 6.45) is 3.89. The average molecular weight is 546 g/mol. The van der Waals surface area contributed by atoms with Crippen molar-refractivity contribution in [3.05, 3.63) is 30.2 Å². The lowest BCUT2D eigenvalue weighted by atomic mass is 9.91. The van der Waals surface area contributed by atoms with Gasteiger partial charge in [-0.3, -0.25) is 15.0 Å². The molecule has 1 aromatic carbocycles. The number of aromatic nitrogens is 1. The van der Waals surface area contributed by atoms with Gasteiger partial charge in [0.05, 0.1) is 11.2 Å². The van der Waals surface area contributed by atoms with E-state index in [2.05, 4.69) is 14.8 Å². The van der Waals surface area contributed by atoms with Crippen LogP contribution in [0, 0.1) is 5.82 Å². The minimum Gasteiger partial charge on any atom is -0.444 e. The third-order valence-electron chi connectivity index (χ3n) is 7.90. The van der Waals surface area contributed by atoms with Gasteiger partial charge in [-0.15, -0.1) is 0 Å². The number of piperidine rings is 2. The molecule has 9 nitrogen and oxygen atoms in total. The second kappa shape index (κ2) is 10.4. The number of amides is 4. The number of hydrogen-bond donors (Lipinski definition) is 1. The Morgan fingerprint density at radius 2 is 1.79 bits per heavy atom. The Hall–Kier alpha value is -3.21. The van der Waals surface area contributed by atoms with E-state index in [9.17, 15) is 14.4 Å². The van der Waals surface area contributed by atoms with Gasteiger partial charge in [0, 0.05) is 82.2 Å². The maximum atomic E-state index is 15.7. The highest BCUT2D eigenvalue weighted by Crippen LogP contribution is 2.34. The van der Waals surface area contributed by atoms with Crippen molar-refractivity contribution in [2.24, 2.45) is 0 Å². The van der Waals surface area contributed by atoms with Crippen LogP contribution in [0.25, 0.3) is 10.9 Å². The molecule has 1 N–H and O–H groups in total. The van der Waals surface area contributed by atoms with E-state index in [4.69, 9.17) is 4.74 Å². The number of imide groups is 1. The number of anilines is 1. The maximum absolute atomic E-state index is 15.7. The number of urea groups is 1. The standard InChI is InChI=1S/C28H37F2N5O4/c1-27(2,3)39-26(38)33-14-8-28(30,9-15-33)18-32-10-5-20(6-11-32)34-12-4-19-16-23(21(29)17-22(19)34)35-13-7-24(36)31-25(35)37/h4,12,16-17,20H,5-11,13-15,18H2,1-3H3,(H,31,36,37). The van der Waals surface area contributed by atoms with Crippen LogP contribution in [0.2, 0.25) is 0 Å². The Labute approximate surface area is 227 Å². The second-order valence-corrected chi connectivity index (χ2v) is 12.0. The third kappa shape index (κ3) is 6.03. The summed E-state index contributed by atoms with van der Waals surface area (Å²) >= 11 is 0. The molecule has 0 unspecified atom stereocenters. The second-order valence-electron chi connectivity index (χ2n) is 12.0. The molecule has 0 radical (unpaired) electrons. The lowest BCUT2D eigenvalue weighted by Crippen LogP contribution is -2.51. The molecular weight excluding hydrogens is 508 g/mol. The van der Waals surface area contributed by atoms with E-state index in [1.54, 1.807) is 11.0 Å². The van der Waals surface area contributed by atoms with Gasteiger partial charge in [-0.2, -0.15) is 0 Å². The van der Waals surface area contributed by atoms with Gasteiger partial charge < -0.3 is 19.1 Å². The van der Waals surface area contributed by atoms with Crippen LogP contribution in [0.15, 0.2) is 24.4 Å². The molecule has 4 heterocycles. The zero-order chi connectivity index (χ0) is 27.9. The van der Waals surface area contributed by atoms with Crippen molar-refractivity contribution >= 4 is 34.6 Å². The molecule has 0 spiro atoms. The van der Waals surface area contributed by atoms with E-state index in [1.165, 1.54) is 11.0 Å². The Bertz CT molecular complexity index is 1260. The van der Waals surface area contributed by atoms with Crippen LogP contribution in [0.3, 0.4) is 0 Å². The average Bonchev–Trinajstić information content (AvgIpc) is 3.26. The Balaban J connectivity index is 1.17. The fourth-order valence-electron chi connectivity index (χ4n) is 5.82. The summed E-state index contributed by atoms with van der Waals surface area (Å²) in [5, 5.41) is 3.05. The summed E-state index contributed by atoms with van der Waals surface area (Å²) in [4.78, 5) is 41.0. The lowest BCUT2D eigenvalue weighted by Gasteiger charge is -2.41. The van der Waals surface area contributed by atoms with Crippen LogP contribution >= 0.6 is 0 Å². The summed E-state index contributed by atoms with van der Waals surface area (Å²) < 4.78 is 38.3. The number of alkyl halides is 1. The molecule has 1 aromatic heterocycles. The summed E-state index contributed by atoms with van der Waals surface area (Å²) in [5.74, 6) is -0.873. The summed E-state index contributed by atoms with van der Waals surface area (Å²) in [5.41, 5.74) is -1.00. The van der Waals surface area contributed by atoms with Crippen LogP contribution in [-0.2, 0) is 9.53 Å². The van der Waals surface area contributed by atoms with Crippen LogP contribution in [0.5, 0.6) is 0 Å². The van der Waals surface area contributed by atoms with Gasteiger partial charge in [-0.05, 0) is 45.7 Å². The number of carbonyl (C=O) groups excluding carboxylic acids is 3. The van der Waals surface area contributed by atoms with E-state index in [0.717, 1.165) is 36.8 Å². The van der Waals surface area contributed by atoms with Gasteiger partial charge >= 0.3 is 12.1 Å². The van der Waals surface area contributed by atoms with Crippen molar-refractivity contribution in [3.63, 3.8) is 0 Å². The summed E-state index contributed by atoms with van der Waals surface area (Å²) in [7, 11) is 0. The third-order valence-corrected chi connectivity index (χ3v) is 7.90. The number of rotatable bonds is 4. The van der Waals surface area contributed by atoms with E-state index < -0.39 is 23.1 Å². The smallest absolute Gasteiger partial charge is 0.410 e. The Kier molecular flexibility index (Phi) is 7.30. The monoisotopic (exact) mass is 545 g/mol. The van der Waals surface area contributed by atoms with Crippen molar-refractivity contribution in [3.8, 4) is 0 Å². The molecule has 0 atom stereocenters. The molecule has 39 heavy (non-hydrogen) atoms. The highest BCUT2D eigenvalue weighted by atomic mass is 19.1. The molecule has 5 rings (SSSR count). The van der Waals surface area contributed by atoms with Gasteiger partial charge in [-0.25, -0.2) is 18.4 Å². The quantitative estimate of drug-likeness (QED) is 0.607. The number of likely N-dealkylation sites (tertiary alicyclic amines) is 2. The SMILES string of the molecule is CC(C)(C)OC(=O)N1CCC(F)(CN2CCC(n3ccc4cc(N5CCC(=O)NC5=O)c(F)cc43)CC2)CC1. The highest BCUT2D eigenvalue weighted by molar-refractivity contribution is 6.06. The van der Waals surface area contributed by atoms with Crippen LogP contribution in [0.4, 0.5) is 24.1 Å². The Morgan fingerprint density at radius 1 is 1.10 bits per heavy atom. The first-order valence-electron chi connectivity index (χ1n) is 13.7. The predicted octanol–water partition coefficient (Wildman–Crippen LogP) is 4.60. The fraction of sp³-hybridized carbons (Fsp3) is 0.607. The number of benzene rings is 1. The largest absolute Gasteiger partial charge is 0.444 e. The number of hydrogen-bond acceptors (Lipinski definition) is 5. The Morgan fingerprint density at radius 3 is 2.44 bits per heavy atom. The van der Waals surface area contributed by atoms with E-state index in [0.29, 0.717) is 32.5 Å². The topological polar surface area (TPSA) is 87.1 Å². The fourth-order valence-corrected chi connectivity index (χ4v) is 5.82. The molecule has 3 aliphatic rings. The molecule has 4 amide bonds. The number of halogens is 2. The molecule has 3 fully saturated rings. The number of ether oxygens (including phenoxy) is 1. The molecule has 0 aliphatic carbocycles. The van der Waals surface area contributed by atoms with E-state index in [1.807, 2.05) is 33.0 Å². The van der Waals surface area contributed by atoms with Crippen molar-refractivity contribution < 1.29 is 27.9 Å². The molecule has 0 bridgehead atoms. The molecular formula is C28H37F2N5O4. The van der Waals surface area contributed by atoms with Gasteiger partial charge in [0.15, 0.2) is 0 Å². The first-order valence-corrected chi connectivity index (χ1v) is 13.7. The molecule has 2 aromatic rings. The number of carbonyl (C=O) groups is 3. The lowest BCUT2D eigenvalue weighted by molar-refractivity contribution is -0.120. The molecule has 212 valence electrons. The van der Waals surface area contributed by atoms with Gasteiger partial charge in [0.2, 0.25) is 5.91 Å². The predicted molar refractivity (Wildman–Crippen MR) is 143 cm³/mol. The van der Waals surface area contributed by atoms with Crippen LogP contribution in [-0.4, -0.2) is 82.9 Å². The van der Waals surface area contributed by atoms with Gasteiger partial charge in [0.1, 0.15) is 17.1 Å². The van der Waals surface area contributed by atoms with Crippen LogP contribution in [0.1, 0.15) is 58.9 Å². The number of nitrogens with one attached hydrogen (secondary N) is 1. The van der Waals surface area contributed by atoms with E-state index >= 15 is 8.78 Å². The van der Waals surface area contributed by atoms with E-state index in [-0.39, 0.29) is 36.7 Å². The molecule has 11 heteroatoms. The van der Waals surface area contributed by atoms with Crippen molar-refractivity contribution in [2.75, 3.05) is 44.2 Å². The number of nitrogens with zero attached hydrogens (tertiary/aromatic N) is 4.